The lowest BCUT2D eigenvalue weighted by molar-refractivity contribution is -0.133. The average molecular weight is 674 g/mol. The van der Waals surface area contributed by atoms with E-state index < -0.39 is 6.10 Å². The first-order valence-electron chi connectivity index (χ1n) is 17.2. The number of aliphatic hydroxyl groups excluding tert-OH is 1. The summed E-state index contributed by atoms with van der Waals surface area (Å²) in [6, 6.07) is 29.5. The molecule has 0 bridgehead atoms. The Balaban J connectivity index is 1.05. The highest BCUT2D eigenvalue weighted by Crippen LogP contribution is 2.34. The van der Waals surface area contributed by atoms with E-state index in [9.17, 15) is 14.7 Å². The Morgan fingerprint density at radius 1 is 0.796 bits per heavy atom. The van der Waals surface area contributed by atoms with Gasteiger partial charge in [-0.05, 0) is 59.9 Å². The molecule has 0 spiro atoms. The molecule has 1 aliphatic heterocycles. The largest absolute Gasteiger partial charge is 0.492 e. The zero-order valence-corrected chi connectivity index (χ0v) is 28.9. The molecule has 1 unspecified atom stereocenters. The van der Waals surface area contributed by atoms with E-state index in [-0.39, 0.29) is 31.6 Å². The van der Waals surface area contributed by atoms with Crippen LogP contribution in [0.4, 0.5) is 0 Å². The van der Waals surface area contributed by atoms with Gasteiger partial charge in [-0.25, -0.2) is 0 Å². The smallest absolute Gasteiger partial charge is 0.246 e. The molecule has 1 atom stereocenters. The zero-order valence-electron chi connectivity index (χ0n) is 28.9. The van der Waals surface area contributed by atoms with Gasteiger partial charge in [-0.2, -0.15) is 0 Å². The van der Waals surface area contributed by atoms with E-state index in [2.05, 4.69) is 83.9 Å². The molecule has 2 amide bonds. The summed E-state index contributed by atoms with van der Waals surface area (Å²) < 4.78 is 22.5. The molecule has 1 heterocycles. The van der Waals surface area contributed by atoms with Crippen LogP contribution in [0.2, 0.25) is 0 Å². The van der Waals surface area contributed by atoms with E-state index in [4.69, 9.17) is 18.9 Å². The number of rotatable bonds is 21. The van der Waals surface area contributed by atoms with Crippen molar-refractivity contribution in [2.75, 3.05) is 86.0 Å². The number of nitrogens with one attached hydrogen (secondary N) is 1. The minimum absolute atomic E-state index is 0.0945. The van der Waals surface area contributed by atoms with Crippen molar-refractivity contribution in [2.24, 2.45) is 0 Å². The predicted octanol–water partition coefficient (Wildman–Crippen LogP) is 4.13. The third kappa shape index (κ3) is 13.1. The molecular formula is C39H51N3O7. The van der Waals surface area contributed by atoms with E-state index in [1.807, 2.05) is 25.2 Å². The van der Waals surface area contributed by atoms with Crippen molar-refractivity contribution >= 4 is 23.0 Å². The van der Waals surface area contributed by atoms with Crippen LogP contribution in [0.5, 0.6) is 5.75 Å². The normalized spacial score (nSPS) is 14.9. The highest BCUT2D eigenvalue weighted by Gasteiger charge is 2.24. The zero-order chi connectivity index (χ0) is 34.7. The molecule has 1 saturated heterocycles. The number of allylic oxidation sites excluding steroid dienone is 1. The standard InChI is InChI=1S/C39H51N3O7/c1-3-36(31-10-6-4-7-11-31)39(32-12-8-5-9-13-32)33-14-16-35(17-15-33)49-23-21-41(2)20-22-46-24-25-47-26-27-48-30-37(44)40-28-38(45)42-19-18-34(43)29-42/h4-17,34,43H,3,18-30H2,1-2H3,(H,40,44)/b39-36-. The summed E-state index contributed by atoms with van der Waals surface area (Å²) in [6.07, 6.45) is 1.02. The molecule has 0 aliphatic carbocycles. The Kier molecular flexibility index (Phi) is 16.3. The molecule has 3 aromatic rings. The van der Waals surface area contributed by atoms with Crippen molar-refractivity contribution < 1.29 is 33.6 Å². The van der Waals surface area contributed by atoms with Crippen LogP contribution in [0.3, 0.4) is 0 Å². The first kappa shape index (κ1) is 37.8. The molecule has 1 aliphatic rings. The van der Waals surface area contributed by atoms with Crippen LogP contribution in [0.15, 0.2) is 84.9 Å². The number of carbonyl (C=O) groups is 2. The fraction of sp³-hybridized carbons (Fsp3) is 0.436. The number of likely N-dealkylation sites (tertiary alicyclic amines) is 1. The van der Waals surface area contributed by atoms with Crippen LogP contribution >= 0.6 is 0 Å². The number of hydrogen-bond acceptors (Lipinski definition) is 8. The molecule has 0 aromatic heterocycles. The average Bonchev–Trinajstić information content (AvgIpc) is 3.57. The van der Waals surface area contributed by atoms with Crippen molar-refractivity contribution in [1.82, 2.24) is 15.1 Å². The second-order valence-corrected chi connectivity index (χ2v) is 12.0. The fourth-order valence-electron chi connectivity index (χ4n) is 5.56. The van der Waals surface area contributed by atoms with Gasteiger partial charge in [-0.3, -0.25) is 9.59 Å². The lowest BCUT2D eigenvalue weighted by Crippen LogP contribution is -2.40. The quantitative estimate of drug-likeness (QED) is 0.128. The number of β-amino-alcohol motifs (C(OH)–C–C–N with tert-alkyl or cyclic N) is 1. The number of nitrogens with zero attached hydrogens (tertiary/aromatic N) is 2. The van der Waals surface area contributed by atoms with Crippen molar-refractivity contribution in [3.8, 4) is 5.75 Å². The van der Waals surface area contributed by atoms with Crippen molar-refractivity contribution in [2.45, 2.75) is 25.9 Å². The van der Waals surface area contributed by atoms with E-state index in [1.54, 1.807) is 4.90 Å². The number of carbonyl (C=O) groups excluding carboxylic acids is 2. The van der Waals surface area contributed by atoms with Gasteiger partial charge in [0.15, 0.2) is 0 Å². The van der Waals surface area contributed by atoms with Crippen LogP contribution in [0.25, 0.3) is 11.1 Å². The molecule has 10 heteroatoms. The van der Waals surface area contributed by atoms with Crippen LogP contribution in [-0.2, 0) is 23.8 Å². The maximum atomic E-state index is 12.0. The molecule has 0 saturated carbocycles. The Morgan fingerprint density at radius 3 is 2.02 bits per heavy atom. The first-order chi connectivity index (χ1) is 23.9. The summed E-state index contributed by atoms with van der Waals surface area (Å²) in [5.74, 6) is 0.276. The molecule has 3 aromatic carbocycles. The number of amides is 2. The van der Waals surface area contributed by atoms with Crippen molar-refractivity contribution in [3.05, 3.63) is 102 Å². The first-order valence-corrected chi connectivity index (χ1v) is 17.2. The molecule has 4 rings (SSSR count). The predicted molar refractivity (Wildman–Crippen MR) is 191 cm³/mol. The fourth-order valence-corrected chi connectivity index (χ4v) is 5.56. The van der Waals surface area contributed by atoms with Gasteiger partial charge in [-0.1, -0.05) is 79.7 Å². The van der Waals surface area contributed by atoms with Gasteiger partial charge in [-0.15, -0.1) is 0 Å². The van der Waals surface area contributed by atoms with Gasteiger partial charge in [0.05, 0.1) is 45.7 Å². The van der Waals surface area contributed by atoms with Gasteiger partial charge in [0.25, 0.3) is 0 Å². The lowest BCUT2D eigenvalue weighted by atomic mass is 9.88. The third-order valence-electron chi connectivity index (χ3n) is 8.27. The minimum Gasteiger partial charge on any atom is -0.492 e. The Bertz CT molecular complexity index is 1430. The Hall–Kier alpha value is -4.06. The lowest BCUT2D eigenvalue weighted by Gasteiger charge is -2.18. The van der Waals surface area contributed by atoms with Crippen LogP contribution in [0.1, 0.15) is 36.5 Å². The summed E-state index contributed by atoms with van der Waals surface area (Å²) in [7, 11) is 2.04. The second-order valence-electron chi connectivity index (χ2n) is 12.0. The van der Waals surface area contributed by atoms with Gasteiger partial charge >= 0.3 is 0 Å². The molecule has 49 heavy (non-hydrogen) atoms. The Labute approximate surface area is 290 Å². The monoisotopic (exact) mass is 673 g/mol. The van der Waals surface area contributed by atoms with Crippen LogP contribution in [-0.4, -0.2) is 119 Å². The number of benzene rings is 3. The molecule has 2 N–H and O–H groups in total. The highest BCUT2D eigenvalue weighted by molar-refractivity contribution is 5.98. The third-order valence-corrected chi connectivity index (χ3v) is 8.27. The topological polar surface area (TPSA) is 110 Å². The van der Waals surface area contributed by atoms with Crippen molar-refractivity contribution in [3.63, 3.8) is 0 Å². The number of likely N-dealkylation sites (N-methyl/N-ethyl adjacent to an activating group) is 1. The second kappa shape index (κ2) is 21.1. The van der Waals surface area contributed by atoms with Crippen LogP contribution in [0, 0.1) is 0 Å². The van der Waals surface area contributed by atoms with Gasteiger partial charge in [0.1, 0.15) is 19.0 Å². The highest BCUT2D eigenvalue weighted by atomic mass is 16.5. The summed E-state index contributed by atoms with van der Waals surface area (Å²) in [4.78, 5) is 27.6. The maximum Gasteiger partial charge on any atom is 0.246 e. The number of ether oxygens (including phenoxy) is 4. The van der Waals surface area contributed by atoms with E-state index >= 15 is 0 Å². The summed E-state index contributed by atoms with van der Waals surface area (Å²) >= 11 is 0. The molecule has 0 radical (unpaired) electrons. The Morgan fingerprint density at radius 2 is 1.39 bits per heavy atom. The van der Waals surface area contributed by atoms with E-state index in [0.29, 0.717) is 52.5 Å². The van der Waals surface area contributed by atoms with Gasteiger partial charge in [0.2, 0.25) is 11.8 Å². The molecule has 1 fully saturated rings. The van der Waals surface area contributed by atoms with Gasteiger partial charge in [0, 0.05) is 26.2 Å². The maximum absolute atomic E-state index is 12.0. The summed E-state index contributed by atoms with van der Waals surface area (Å²) in [6.45, 7) is 7.00. The molecular weight excluding hydrogens is 622 g/mol. The van der Waals surface area contributed by atoms with E-state index in [1.165, 1.54) is 22.3 Å². The SMILES string of the molecule is CC/C(=C(\c1ccccc1)c1ccc(OCCN(C)CCOCCOCCOCC(=O)NCC(=O)N2CCC(O)C2)cc1)c1ccccc1. The van der Waals surface area contributed by atoms with Gasteiger partial charge < -0.3 is 39.2 Å². The number of aliphatic hydroxyl groups is 1. The van der Waals surface area contributed by atoms with Crippen molar-refractivity contribution in [1.29, 1.82) is 0 Å². The van der Waals surface area contributed by atoms with Crippen LogP contribution < -0.4 is 10.1 Å². The minimum atomic E-state index is -0.478. The summed E-state index contributed by atoms with van der Waals surface area (Å²) in [5.41, 5.74) is 6.16. The summed E-state index contributed by atoms with van der Waals surface area (Å²) in [5, 5.41) is 12.0. The number of hydrogen-bond donors (Lipinski definition) is 2. The molecule has 264 valence electrons. The van der Waals surface area contributed by atoms with E-state index in [0.717, 1.165) is 30.8 Å². The molecule has 10 nitrogen and oxygen atoms in total.